The highest BCUT2D eigenvalue weighted by atomic mass is 32.2. The number of para-hydroxylation sites is 1. The van der Waals surface area contributed by atoms with Crippen molar-refractivity contribution in [2.75, 3.05) is 20.3 Å². The molecule has 0 spiro atoms. The Labute approximate surface area is 275 Å². The van der Waals surface area contributed by atoms with Gasteiger partial charge < -0.3 is 29.0 Å². The van der Waals surface area contributed by atoms with Crippen molar-refractivity contribution in [2.24, 2.45) is 0 Å². The molecule has 246 valence electrons. The number of imidazole rings is 1. The number of aromatic nitrogens is 3. The molecule has 0 saturated heterocycles. The molecule has 47 heavy (non-hydrogen) atoms. The molecule has 1 aliphatic heterocycles. The number of nitrogens with zero attached hydrogens (tertiary/aromatic N) is 1. The summed E-state index contributed by atoms with van der Waals surface area (Å²) < 4.78 is 62.1. The first-order valence-corrected chi connectivity index (χ1v) is 16.5. The molecule has 0 unspecified atom stereocenters. The van der Waals surface area contributed by atoms with E-state index >= 15 is 8.78 Å². The lowest BCUT2D eigenvalue weighted by Gasteiger charge is -2.36. The summed E-state index contributed by atoms with van der Waals surface area (Å²) in [4.78, 5) is 22.1. The quantitative estimate of drug-likeness (QED) is 0.145. The van der Waals surface area contributed by atoms with E-state index in [2.05, 4.69) is 26.6 Å². The molecule has 0 radical (unpaired) electrons. The number of methoxy groups -OCH3 is 1. The van der Waals surface area contributed by atoms with Gasteiger partial charge in [0.25, 0.3) is 0 Å². The van der Waals surface area contributed by atoms with Gasteiger partial charge in [0.05, 0.1) is 22.6 Å². The summed E-state index contributed by atoms with van der Waals surface area (Å²) in [5.74, 6) is -1.66. The molecule has 3 aromatic carbocycles. The molecular weight excluding hydrogens is 627 g/mol. The average Bonchev–Trinajstić information content (AvgIpc) is 3.53. The Balaban J connectivity index is 0.000000915. The Bertz CT molecular complexity index is 1900. The molecule has 11 heteroatoms. The highest BCUT2D eigenvalue weighted by Crippen LogP contribution is 2.49. The number of thioether (sulfide) groups is 1. The van der Waals surface area contributed by atoms with E-state index in [0.29, 0.717) is 41.4 Å². The minimum absolute atomic E-state index is 0.0925. The van der Waals surface area contributed by atoms with Crippen LogP contribution in [0.4, 0.5) is 13.2 Å². The van der Waals surface area contributed by atoms with Crippen LogP contribution in [0.25, 0.3) is 22.3 Å². The number of aldehydes is 1. The highest BCUT2D eigenvalue weighted by Gasteiger charge is 2.38. The van der Waals surface area contributed by atoms with Crippen LogP contribution in [0.2, 0.25) is 0 Å². The summed E-state index contributed by atoms with van der Waals surface area (Å²) in [6, 6.07) is 11.7. The number of nitrogens with one attached hydrogen (secondary N) is 2. The van der Waals surface area contributed by atoms with Gasteiger partial charge in [0.15, 0.2) is 11.6 Å². The number of halogens is 3. The Hall–Kier alpha value is -4.22. The van der Waals surface area contributed by atoms with Crippen LogP contribution >= 0.6 is 11.8 Å². The van der Waals surface area contributed by atoms with Gasteiger partial charge in [-0.15, -0.1) is 11.8 Å². The van der Waals surface area contributed by atoms with Gasteiger partial charge in [-0.05, 0) is 69.4 Å². The number of hydrogen-bond acceptors (Lipinski definition) is 6. The molecule has 2 N–H and O–H groups in total. The van der Waals surface area contributed by atoms with E-state index in [1.165, 1.54) is 30.0 Å². The van der Waals surface area contributed by atoms with Crippen LogP contribution in [0, 0.1) is 17.5 Å². The predicted molar refractivity (Wildman–Crippen MR) is 176 cm³/mol. The van der Waals surface area contributed by atoms with Crippen molar-refractivity contribution in [2.45, 2.75) is 61.5 Å². The molecule has 7 rings (SSSR count). The molecule has 0 amide bonds. The summed E-state index contributed by atoms with van der Waals surface area (Å²) in [6.45, 7) is 5.33. The van der Waals surface area contributed by atoms with Crippen LogP contribution in [0.1, 0.15) is 56.4 Å². The van der Waals surface area contributed by atoms with E-state index in [1.807, 2.05) is 25.1 Å². The number of benzene rings is 3. The maximum absolute atomic E-state index is 15.3. The van der Waals surface area contributed by atoms with Crippen LogP contribution in [0.15, 0.2) is 59.8 Å². The zero-order valence-electron chi connectivity index (χ0n) is 26.4. The van der Waals surface area contributed by atoms with Crippen molar-refractivity contribution in [3.63, 3.8) is 0 Å². The molecule has 1 aliphatic carbocycles. The number of carbonyl (C=O) groups is 1. The van der Waals surface area contributed by atoms with Crippen molar-refractivity contribution in [3.05, 3.63) is 89.1 Å². The third kappa shape index (κ3) is 6.51. The van der Waals surface area contributed by atoms with Gasteiger partial charge in [-0.1, -0.05) is 18.2 Å². The van der Waals surface area contributed by atoms with Gasteiger partial charge in [0, 0.05) is 59.8 Å². The first kappa shape index (κ1) is 32.7. The fourth-order valence-corrected chi connectivity index (χ4v) is 6.95. The molecule has 7 nitrogen and oxygen atoms in total. The monoisotopic (exact) mass is 663 g/mol. The lowest BCUT2D eigenvalue weighted by atomic mass is 9.74. The molecular formula is C36H36F3N3O4S. The van der Waals surface area contributed by atoms with Gasteiger partial charge in [-0.2, -0.15) is 4.39 Å². The maximum Gasteiger partial charge on any atom is 0.204 e. The summed E-state index contributed by atoms with van der Waals surface area (Å²) in [5.41, 5.74) is 2.44. The number of aromatic amines is 2. The third-order valence-electron chi connectivity index (χ3n) is 8.56. The summed E-state index contributed by atoms with van der Waals surface area (Å²) >= 11 is 1.46. The zero-order chi connectivity index (χ0) is 33.1. The SMILES string of the molecule is CCOC.C[C@]1(c2cnc(-c3cc(Oc4c(F)c(F)c5[nH]ccc5c4SC4CC4)ccc3F)[nH]2)CCOc2c(CCC=O)cccc21. The van der Waals surface area contributed by atoms with E-state index in [9.17, 15) is 9.18 Å². The number of H-pyrrole nitrogens is 2. The fraction of sp³-hybridized carbons (Fsp3) is 0.333. The van der Waals surface area contributed by atoms with Crippen LogP contribution < -0.4 is 9.47 Å². The fourth-order valence-electron chi connectivity index (χ4n) is 5.71. The predicted octanol–water partition coefficient (Wildman–Crippen LogP) is 8.89. The molecule has 2 aliphatic rings. The van der Waals surface area contributed by atoms with E-state index in [-0.39, 0.29) is 28.4 Å². The number of ether oxygens (including phenoxy) is 3. The normalized spacial score (nSPS) is 17.1. The minimum atomic E-state index is -1.09. The summed E-state index contributed by atoms with van der Waals surface area (Å²) in [6.07, 6.45) is 7.79. The van der Waals surface area contributed by atoms with E-state index < -0.39 is 22.9 Å². The summed E-state index contributed by atoms with van der Waals surface area (Å²) in [5, 5.41) is 0.858. The first-order valence-electron chi connectivity index (χ1n) is 15.6. The number of hydrogen-bond donors (Lipinski definition) is 2. The Morgan fingerprint density at radius 3 is 2.70 bits per heavy atom. The Morgan fingerprint density at radius 2 is 1.96 bits per heavy atom. The molecule has 0 bridgehead atoms. The summed E-state index contributed by atoms with van der Waals surface area (Å²) in [7, 11) is 1.68. The average molecular weight is 664 g/mol. The number of aryl methyl sites for hydroxylation is 1. The topological polar surface area (TPSA) is 89.2 Å². The lowest BCUT2D eigenvalue weighted by molar-refractivity contribution is -0.107. The van der Waals surface area contributed by atoms with Gasteiger partial charge >= 0.3 is 0 Å². The van der Waals surface area contributed by atoms with Crippen LogP contribution in [-0.4, -0.2) is 46.8 Å². The lowest BCUT2D eigenvalue weighted by Crippen LogP contribution is -2.32. The van der Waals surface area contributed by atoms with Gasteiger partial charge in [0.1, 0.15) is 29.4 Å². The smallest absolute Gasteiger partial charge is 0.204 e. The Morgan fingerprint density at radius 1 is 1.15 bits per heavy atom. The maximum atomic E-state index is 15.3. The van der Waals surface area contributed by atoms with Crippen molar-refractivity contribution in [3.8, 4) is 28.6 Å². The van der Waals surface area contributed by atoms with Crippen molar-refractivity contribution < 1.29 is 32.2 Å². The van der Waals surface area contributed by atoms with Crippen molar-refractivity contribution >= 4 is 29.0 Å². The second kappa shape index (κ2) is 13.9. The van der Waals surface area contributed by atoms with E-state index in [0.717, 1.165) is 48.3 Å². The zero-order valence-corrected chi connectivity index (χ0v) is 27.2. The number of rotatable bonds is 10. The molecule has 5 aromatic rings. The van der Waals surface area contributed by atoms with Crippen LogP contribution in [-0.2, 0) is 21.4 Å². The molecule has 1 saturated carbocycles. The standard InChI is InChI=1S/C33H28F3N3O3S.C3H8O/c1-33(12-15-41-29-18(5-3-14-40)4-2-6-23(29)33)25-17-38-32(39-25)22-16-19(7-10-24(22)34)42-30-27(36)26(35)28-21(11-13-37-28)31(30)43-20-8-9-20;1-3-4-2/h2,4,6-7,10-11,13-14,16-17,20,37H,3,5,8-9,12,15H2,1H3,(H,38,39);3H2,1-2H3/t33-;/m0./s1. The van der Waals surface area contributed by atoms with Crippen molar-refractivity contribution in [1.82, 2.24) is 15.0 Å². The third-order valence-corrected chi connectivity index (χ3v) is 10.0. The second-order valence-electron chi connectivity index (χ2n) is 11.8. The van der Waals surface area contributed by atoms with Gasteiger partial charge in [-0.3, -0.25) is 0 Å². The van der Waals surface area contributed by atoms with Crippen LogP contribution in [0.5, 0.6) is 17.2 Å². The van der Waals surface area contributed by atoms with Gasteiger partial charge in [-0.25, -0.2) is 13.8 Å². The van der Waals surface area contributed by atoms with Crippen LogP contribution in [0.3, 0.4) is 0 Å². The largest absolute Gasteiger partial charge is 0.493 e. The Kier molecular flexibility index (Phi) is 9.65. The van der Waals surface area contributed by atoms with E-state index in [4.69, 9.17) is 9.47 Å². The molecule has 2 aromatic heterocycles. The number of carbonyl (C=O) groups excluding carboxylic acids is 1. The number of fused-ring (bicyclic) bond motifs is 2. The van der Waals surface area contributed by atoms with Crippen molar-refractivity contribution in [1.29, 1.82) is 0 Å². The van der Waals surface area contributed by atoms with E-state index in [1.54, 1.807) is 25.6 Å². The minimum Gasteiger partial charge on any atom is -0.493 e. The molecule has 1 atom stereocenters. The molecule has 3 heterocycles. The second-order valence-corrected chi connectivity index (χ2v) is 13.1. The first-order chi connectivity index (χ1) is 22.8. The van der Waals surface area contributed by atoms with Gasteiger partial charge in [0.2, 0.25) is 5.82 Å². The highest BCUT2D eigenvalue weighted by molar-refractivity contribution is 8.00. The molecule has 1 fully saturated rings.